The summed E-state index contributed by atoms with van der Waals surface area (Å²) in [7, 11) is 0. The molecule has 0 fully saturated rings. The van der Waals surface area contributed by atoms with Gasteiger partial charge in [-0.25, -0.2) is 0 Å². The van der Waals surface area contributed by atoms with E-state index < -0.39 is 0 Å². The first-order valence-corrected chi connectivity index (χ1v) is 6.44. The molecule has 1 rings (SSSR count). The summed E-state index contributed by atoms with van der Waals surface area (Å²) in [5, 5.41) is 5.48. The lowest BCUT2D eigenvalue weighted by Crippen LogP contribution is -2.13. The number of nitrogens with one attached hydrogen (secondary N) is 1. The second-order valence-electron chi connectivity index (χ2n) is 3.00. The van der Waals surface area contributed by atoms with Crippen molar-refractivity contribution in [2.24, 2.45) is 0 Å². The van der Waals surface area contributed by atoms with Gasteiger partial charge in [-0.05, 0) is 59.7 Å². The van der Waals surface area contributed by atoms with Crippen molar-refractivity contribution in [2.75, 3.05) is 13.1 Å². The quantitative estimate of drug-likeness (QED) is 0.774. The molecule has 1 aromatic rings. The van der Waals surface area contributed by atoms with Gasteiger partial charge in [0.15, 0.2) is 0 Å². The van der Waals surface area contributed by atoms with Gasteiger partial charge in [0.2, 0.25) is 0 Å². The van der Waals surface area contributed by atoms with Crippen LogP contribution < -0.4 is 5.32 Å². The molecule has 1 heterocycles. The lowest BCUT2D eigenvalue weighted by molar-refractivity contribution is 0.642. The smallest absolute Gasteiger partial charge is 0.0314 e. The number of hydrogen-bond donors (Lipinski definition) is 1. The molecule has 0 aromatic carbocycles. The second-order valence-corrected chi connectivity index (χ2v) is 4.86. The van der Waals surface area contributed by atoms with Crippen molar-refractivity contribution >= 4 is 27.3 Å². The molecular weight excluding hydrogens is 246 g/mol. The number of thiophene rings is 1. The molecule has 0 saturated carbocycles. The van der Waals surface area contributed by atoms with Crippen LogP contribution in [-0.2, 0) is 6.42 Å². The summed E-state index contributed by atoms with van der Waals surface area (Å²) in [6, 6.07) is 2.13. The van der Waals surface area contributed by atoms with Gasteiger partial charge in [0.1, 0.15) is 0 Å². The topological polar surface area (TPSA) is 12.0 Å². The molecule has 0 bridgehead atoms. The lowest BCUT2D eigenvalue weighted by atomic mass is 10.2. The van der Waals surface area contributed by atoms with E-state index in [1.54, 1.807) is 0 Å². The van der Waals surface area contributed by atoms with Crippen LogP contribution in [0.4, 0.5) is 0 Å². The predicted octanol–water partition coefficient (Wildman–Crippen LogP) is 3.44. The molecule has 13 heavy (non-hydrogen) atoms. The largest absolute Gasteiger partial charge is 0.317 e. The van der Waals surface area contributed by atoms with Gasteiger partial charge in [-0.15, -0.1) is 11.3 Å². The maximum Gasteiger partial charge on any atom is 0.0314 e. The van der Waals surface area contributed by atoms with E-state index in [4.69, 9.17) is 0 Å². The Balaban J connectivity index is 2.10. The van der Waals surface area contributed by atoms with E-state index in [1.807, 2.05) is 11.3 Å². The van der Waals surface area contributed by atoms with Crippen molar-refractivity contribution < 1.29 is 0 Å². The second kappa shape index (κ2) is 6.57. The molecule has 74 valence electrons. The third kappa shape index (κ3) is 4.25. The zero-order valence-electron chi connectivity index (χ0n) is 7.98. The normalized spacial score (nSPS) is 10.6. The monoisotopic (exact) mass is 261 g/mol. The molecule has 0 spiro atoms. The number of rotatable bonds is 6. The van der Waals surface area contributed by atoms with Crippen molar-refractivity contribution in [2.45, 2.75) is 26.2 Å². The van der Waals surface area contributed by atoms with Crippen LogP contribution in [0.1, 0.15) is 24.6 Å². The lowest BCUT2D eigenvalue weighted by Gasteiger charge is -2.00. The highest BCUT2D eigenvalue weighted by atomic mass is 79.9. The molecule has 0 aliphatic rings. The Morgan fingerprint density at radius 1 is 1.46 bits per heavy atom. The van der Waals surface area contributed by atoms with Gasteiger partial charge in [-0.3, -0.25) is 0 Å². The van der Waals surface area contributed by atoms with Crippen LogP contribution in [0.3, 0.4) is 0 Å². The third-order valence-electron chi connectivity index (χ3n) is 1.95. The van der Waals surface area contributed by atoms with Crippen LogP contribution in [-0.4, -0.2) is 13.1 Å². The fourth-order valence-electron chi connectivity index (χ4n) is 1.22. The number of aryl methyl sites for hydroxylation is 1. The van der Waals surface area contributed by atoms with Crippen LogP contribution in [0.25, 0.3) is 0 Å². The van der Waals surface area contributed by atoms with Gasteiger partial charge in [-0.1, -0.05) is 6.92 Å². The van der Waals surface area contributed by atoms with Gasteiger partial charge >= 0.3 is 0 Å². The van der Waals surface area contributed by atoms with Crippen LogP contribution in [0.15, 0.2) is 15.9 Å². The fourth-order valence-corrected chi connectivity index (χ4v) is 2.81. The summed E-state index contributed by atoms with van der Waals surface area (Å²) in [4.78, 5) is 1.48. The molecule has 0 amide bonds. The first kappa shape index (κ1) is 11.2. The van der Waals surface area contributed by atoms with Gasteiger partial charge < -0.3 is 5.32 Å². The summed E-state index contributed by atoms with van der Waals surface area (Å²) in [5.74, 6) is 0. The number of halogens is 1. The van der Waals surface area contributed by atoms with Crippen molar-refractivity contribution in [3.8, 4) is 0 Å². The molecule has 0 radical (unpaired) electrons. The van der Waals surface area contributed by atoms with Gasteiger partial charge in [0.05, 0.1) is 0 Å². The molecule has 1 aromatic heterocycles. The maximum absolute atomic E-state index is 3.54. The highest BCUT2D eigenvalue weighted by Crippen LogP contribution is 2.24. The molecule has 3 heteroatoms. The van der Waals surface area contributed by atoms with Gasteiger partial charge in [0, 0.05) is 9.35 Å². The van der Waals surface area contributed by atoms with Crippen molar-refractivity contribution in [1.82, 2.24) is 5.32 Å². The molecule has 0 aliphatic heterocycles. The van der Waals surface area contributed by atoms with Crippen molar-refractivity contribution in [1.29, 1.82) is 0 Å². The zero-order chi connectivity index (χ0) is 9.52. The standard InChI is InChI=1S/C10H16BrNS/c1-2-12-7-4-3-5-10-9(11)6-8-13-10/h6,8,12H,2-5,7H2,1H3. The van der Waals surface area contributed by atoms with E-state index in [1.165, 1.54) is 28.6 Å². The van der Waals surface area contributed by atoms with Crippen LogP contribution >= 0.6 is 27.3 Å². The summed E-state index contributed by atoms with van der Waals surface area (Å²) < 4.78 is 1.28. The minimum absolute atomic E-state index is 1.09. The molecular formula is C10H16BrNS. The molecule has 1 nitrogen and oxygen atoms in total. The summed E-state index contributed by atoms with van der Waals surface area (Å²) in [5.41, 5.74) is 0. The van der Waals surface area contributed by atoms with Crippen LogP contribution in [0.2, 0.25) is 0 Å². The Labute approximate surface area is 92.7 Å². The highest BCUT2D eigenvalue weighted by molar-refractivity contribution is 9.10. The minimum atomic E-state index is 1.09. The van der Waals surface area contributed by atoms with Crippen LogP contribution in [0, 0.1) is 0 Å². The molecule has 0 saturated heterocycles. The Kier molecular flexibility index (Phi) is 5.67. The molecule has 1 N–H and O–H groups in total. The number of unbranched alkanes of at least 4 members (excludes halogenated alkanes) is 1. The molecule has 0 aliphatic carbocycles. The maximum atomic E-state index is 3.54. The third-order valence-corrected chi connectivity index (χ3v) is 3.93. The Bertz CT molecular complexity index is 235. The van der Waals surface area contributed by atoms with E-state index in [9.17, 15) is 0 Å². The van der Waals surface area contributed by atoms with Gasteiger partial charge in [0.25, 0.3) is 0 Å². The summed E-state index contributed by atoms with van der Waals surface area (Å²) in [6.07, 6.45) is 3.77. The highest BCUT2D eigenvalue weighted by Gasteiger charge is 1.99. The van der Waals surface area contributed by atoms with E-state index in [-0.39, 0.29) is 0 Å². The van der Waals surface area contributed by atoms with E-state index >= 15 is 0 Å². The fraction of sp³-hybridized carbons (Fsp3) is 0.600. The van der Waals surface area contributed by atoms with Crippen molar-refractivity contribution in [3.05, 3.63) is 20.8 Å². The van der Waals surface area contributed by atoms with Crippen molar-refractivity contribution in [3.63, 3.8) is 0 Å². The SMILES string of the molecule is CCNCCCCc1sccc1Br. The Morgan fingerprint density at radius 3 is 2.92 bits per heavy atom. The molecule has 0 unspecified atom stereocenters. The molecule has 0 atom stereocenters. The summed E-state index contributed by atoms with van der Waals surface area (Å²) in [6.45, 7) is 4.39. The average molecular weight is 262 g/mol. The first-order chi connectivity index (χ1) is 6.34. The van der Waals surface area contributed by atoms with E-state index in [2.05, 4.69) is 39.6 Å². The van der Waals surface area contributed by atoms with E-state index in [0.717, 1.165) is 13.1 Å². The first-order valence-electron chi connectivity index (χ1n) is 4.77. The summed E-state index contributed by atoms with van der Waals surface area (Å²) >= 11 is 5.39. The average Bonchev–Trinajstić information content (AvgIpc) is 2.52. The Morgan fingerprint density at radius 2 is 2.31 bits per heavy atom. The predicted molar refractivity (Wildman–Crippen MR) is 63.5 cm³/mol. The minimum Gasteiger partial charge on any atom is -0.317 e. The van der Waals surface area contributed by atoms with E-state index in [0.29, 0.717) is 0 Å². The van der Waals surface area contributed by atoms with Gasteiger partial charge in [-0.2, -0.15) is 0 Å². The Hall–Kier alpha value is 0.140. The number of hydrogen-bond acceptors (Lipinski definition) is 2. The van der Waals surface area contributed by atoms with Crippen LogP contribution in [0.5, 0.6) is 0 Å². The zero-order valence-corrected chi connectivity index (χ0v) is 10.4.